The first kappa shape index (κ1) is 11.6. The van der Waals surface area contributed by atoms with E-state index < -0.39 is 5.97 Å². The van der Waals surface area contributed by atoms with Crippen LogP contribution in [-0.4, -0.2) is 36.7 Å². The van der Waals surface area contributed by atoms with Crippen LogP contribution < -0.4 is 4.90 Å². The SMILES string of the molecule is Cc1cc(N2CCOCC2=O)ccc1C(=O)O. The number of anilines is 1. The number of rotatable bonds is 2. The summed E-state index contributed by atoms with van der Waals surface area (Å²) in [6, 6.07) is 4.89. The topological polar surface area (TPSA) is 66.8 Å². The van der Waals surface area contributed by atoms with Crippen molar-refractivity contribution in [3.8, 4) is 0 Å². The van der Waals surface area contributed by atoms with Gasteiger partial charge in [0.15, 0.2) is 0 Å². The molecule has 0 aromatic heterocycles. The van der Waals surface area contributed by atoms with Crippen LogP contribution in [0.4, 0.5) is 5.69 Å². The maximum atomic E-state index is 11.6. The minimum atomic E-state index is -0.956. The molecule has 0 unspecified atom stereocenters. The summed E-state index contributed by atoms with van der Waals surface area (Å²) in [7, 11) is 0. The third-order valence-electron chi connectivity index (χ3n) is 2.74. The third-order valence-corrected chi connectivity index (χ3v) is 2.74. The van der Waals surface area contributed by atoms with E-state index in [1.807, 2.05) is 0 Å². The average molecular weight is 235 g/mol. The predicted molar refractivity (Wildman–Crippen MR) is 61.3 cm³/mol. The molecule has 17 heavy (non-hydrogen) atoms. The lowest BCUT2D eigenvalue weighted by Crippen LogP contribution is -2.41. The largest absolute Gasteiger partial charge is 0.478 e. The number of nitrogens with zero attached hydrogens (tertiary/aromatic N) is 1. The number of carbonyl (C=O) groups is 2. The summed E-state index contributed by atoms with van der Waals surface area (Å²) in [5.41, 5.74) is 1.63. The minimum Gasteiger partial charge on any atom is -0.478 e. The Bertz CT molecular complexity index is 470. The van der Waals surface area contributed by atoms with Gasteiger partial charge in [-0.3, -0.25) is 4.79 Å². The molecule has 2 rings (SSSR count). The zero-order chi connectivity index (χ0) is 12.4. The molecule has 5 nitrogen and oxygen atoms in total. The van der Waals surface area contributed by atoms with Gasteiger partial charge in [-0.25, -0.2) is 4.79 Å². The van der Waals surface area contributed by atoms with Gasteiger partial charge in [0, 0.05) is 12.2 Å². The summed E-state index contributed by atoms with van der Waals surface area (Å²) in [6.45, 7) is 2.81. The first-order valence-corrected chi connectivity index (χ1v) is 5.31. The van der Waals surface area contributed by atoms with Gasteiger partial charge in [-0.15, -0.1) is 0 Å². The average Bonchev–Trinajstić information content (AvgIpc) is 2.29. The zero-order valence-corrected chi connectivity index (χ0v) is 9.47. The lowest BCUT2D eigenvalue weighted by atomic mass is 10.1. The molecule has 1 heterocycles. The molecule has 0 atom stereocenters. The van der Waals surface area contributed by atoms with Crippen molar-refractivity contribution >= 4 is 17.6 Å². The highest BCUT2D eigenvalue weighted by molar-refractivity contribution is 5.96. The summed E-state index contributed by atoms with van der Waals surface area (Å²) in [5, 5.41) is 8.92. The summed E-state index contributed by atoms with van der Waals surface area (Å²) in [5.74, 6) is -1.05. The van der Waals surface area contributed by atoms with Crippen LogP contribution in [0, 0.1) is 6.92 Å². The molecule has 1 N–H and O–H groups in total. The van der Waals surface area contributed by atoms with Crippen molar-refractivity contribution in [3.63, 3.8) is 0 Å². The second kappa shape index (κ2) is 4.55. The Kier molecular flexibility index (Phi) is 3.10. The molecule has 1 aliphatic heterocycles. The van der Waals surface area contributed by atoms with Crippen molar-refractivity contribution in [2.24, 2.45) is 0 Å². The van der Waals surface area contributed by atoms with Crippen molar-refractivity contribution in [3.05, 3.63) is 29.3 Å². The van der Waals surface area contributed by atoms with Gasteiger partial charge in [-0.1, -0.05) is 0 Å². The number of benzene rings is 1. The standard InChI is InChI=1S/C12H13NO4/c1-8-6-9(2-3-10(8)12(15)16)13-4-5-17-7-11(13)14/h2-3,6H,4-5,7H2,1H3,(H,15,16). The molecule has 1 saturated heterocycles. The smallest absolute Gasteiger partial charge is 0.335 e. The first-order chi connectivity index (χ1) is 8.09. The van der Waals surface area contributed by atoms with Crippen molar-refractivity contribution in [2.75, 3.05) is 24.7 Å². The molecule has 90 valence electrons. The lowest BCUT2D eigenvalue weighted by Gasteiger charge is -2.27. The Morgan fingerprint density at radius 3 is 2.82 bits per heavy atom. The highest BCUT2D eigenvalue weighted by Gasteiger charge is 2.21. The van der Waals surface area contributed by atoms with Gasteiger partial charge < -0.3 is 14.7 Å². The Morgan fingerprint density at radius 1 is 1.47 bits per heavy atom. The number of amides is 1. The number of carboxylic acids is 1. The fourth-order valence-electron chi connectivity index (χ4n) is 1.85. The molecule has 0 radical (unpaired) electrons. The maximum Gasteiger partial charge on any atom is 0.335 e. The lowest BCUT2D eigenvalue weighted by molar-refractivity contribution is -0.125. The van der Waals surface area contributed by atoms with Crippen LogP contribution in [0.5, 0.6) is 0 Å². The Morgan fingerprint density at radius 2 is 2.24 bits per heavy atom. The number of hydrogen-bond acceptors (Lipinski definition) is 3. The van der Waals surface area contributed by atoms with E-state index in [4.69, 9.17) is 9.84 Å². The minimum absolute atomic E-state index is 0.0831. The first-order valence-electron chi connectivity index (χ1n) is 5.31. The second-order valence-corrected chi connectivity index (χ2v) is 3.90. The molecular weight excluding hydrogens is 222 g/mol. The number of carbonyl (C=O) groups excluding carboxylic acids is 1. The van der Waals surface area contributed by atoms with E-state index in [1.165, 1.54) is 6.07 Å². The van der Waals surface area contributed by atoms with Crippen molar-refractivity contribution < 1.29 is 19.4 Å². The van der Waals surface area contributed by atoms with E-state index in [2.05, 4.69) is 0 Å². The number of carboxylic acid groups (broad SMARTS) is 1. The second-order valence-electron chi connectivity index (χ2n) is 3.90. The number of ether oxygens (including phenoxy) is 1. The Balaban J connectivity index is 2.30. The molecule has 1 aliphatic rings. The molecule has 1 aromatic rings. The van der Waals surface area contributed by atoms with Gasteiger partial charge in [0.05, 0.1) is 12.2 Å². The van der Waals surface area contributed by atoms with E-state index in [-0.39, 0.29) is 18.1 Å². The highest BCUT2D eigenvalue weighted by Crippen LogP contribution is 2.20. The maximum absolute atomic E-state index is 11.6. The van der Waals surface area contributed by atoms with Crippen molar-refractivity contribution in [1.29, 1.82) is 0 Å². The van der Waals surface area contributed by atoms with Gasteiger partial charge >= 0.3 is 5.97 Å². The number of morpholine rings is 1. The molecule has 0 spiro atoms. The van der Waals surface area contributed by atoms with Crippen LogP contribution in [0.2, 0.25) is 0 Å². The normalized spacial score (nSPS) is 16.1. The van der Waals surface area contributed by atoms with Crippen LogP contribution in [-0.2, 0) is 9.53 Å². The quantitative estimate of drug-likeness (QED) is 0.832. The highest BCUT2D eigenvalue weighted by atomic mass is 16.5. The molecule has 0 bridgehead atoms. The van der Waals surface area contributed by atoms with Crippen LogP contribution in [0.15, 0.2) is 18.2 Å². The molecule has 1 aromatic carbocycles. The van der Waals surface area contributed by atoms with E-state index >= 15 is 0 Å². The summed E-state index contributed by atoms with van der Waals surface area (Å²) in [6.07, 6.45) is 0. The van der Waals surface area contributed by atoms with E-state index in [0.29, 0.717) is 18.7 Å². The molecule has 0 aliphatic carbocycles. The third kappa shape index (κ3) is 2.29. The summed E-state index contributed by atoms with van der Waals surface area (Å²) in [4.78, 5) is 24.1. The van der Waals surface area contributed by atoms with Crippen molar-refractivity contribution in [2.45, 2.75) is 6.92 Å². The molecular formula is C12H13NO4. The Labute approximate surface area is 98.6 Å². The number of hydrogen-bond donors (Lipinski definition) is 1. The molecule has 1 fully saturated rings. The Hall–Kier alpha value is -1.88. The number of aryl methyl sites for hydroxylation is 1. The predicted octanol–water partition coefficient (Wildman–Crippen LogP) is 1.06. The van der Waals surface area contributed by atoms with Crippen LogP contribution in [0.1, 0.15) is 15.9 Å². The van der Waals surface area contributed by atoms with Gasteiger partial charge in [0.2, 0.25) is 0 Å². The zero-order valence-electron chi connectivity index (χ0n) is 9.47. The van der Waals surface area contributed by atoms with Gasteiger partial charge in [-0.05, 0) is 30.7 Å². The van der Waals surface area contributed by atoms with Crippen LogP contribution in [0.25, 0.3) is 0 Å². The fourth-order valence-corrected chi connectivity index (χ4v) is 1.85. The van der Waals surface area contributed by atoms with E-state index in [1.54, 1.807) is 24.0 Å². The van der Waals surface area contributed by atoms with E-state index in [9.17, 15) is 9.59 Å². The van der Waals surface area contributed by atoms with Crippen LogP contribution >= 0.6 is 0 Å². The number of aromatic carboxylic acids is 1. The summed E-state index contributed by atoms with van der Waals surface area (Å²) < 4.78 is 5.04. The van der Waals surface area contributed by atoms with Crippen LogP contribution in [0.3, 0.4) is 0 Å². The van der Waals surface area contributed by atoms with Gasteiger partial charge in [0.1, 0.15) is 6.61 Å². The van der Waals surface area contributed by atoms with Crippen molar-refractivity contribution in [1.82, 2.24) is 0 Å². The molecule has 0 saturated carbocycles. The monoisotopic (exact) mass is 235 g/mol. The molecule has 5 heteroatoms. The fraction of sp³-hybridized carbons (Fsp3) is 0.333. The molecule has 1 amide bonds. The van der Waals surface area contributed by atoms with Gasteiger partial charge in [-0.2, -0.15) is 0 Å². The summed E-state index contributed by atoms with van der Waals surface area (Å²) >= 11 is 0. The van der Waals surface area contributed by atoms with Gasteiger partial charge in [0.25, 0.3) is 5.91 Å². The van der Waals surface area contributed by atoms with E-state index in [0.717, 1.165) is 5.69 Å².